The van der Waals surface area contributed by atoms with Gasteiger partial charge in [-0.3, -0.25) is 0 Å². The molecule has 3 N–H and O–H groups in total. The summed E-state index contributed by atoms with van der Waals surface area (Å²) in [5.41, 5.74) is 10.6. The van der Waals surface area contributed by atoms with Gasteiger partial charge in [0.2, 0.25) is 5.95 Å². The molecule has 0 bridgehead atoms. The van der Waals surface area contributed by atoms with E-state index in [1.807, 2.05) is 22.9 Å². The third kappa shape index (κ3) is 1.97. The molecule has 0 atom stereocenters. The standard InChI is InChI=1S/C14H17N5/c1-3-10-8-11(4-2)19(18-10)14-16-12-6-5-9(15)7-13(12)17-14/h5-8H,3-4,15H2,1-2H3,(H,16,17). The van der Waals surface area contributed by atoms with Crippen LogP contribution in [0, 0.1) is 0 Å². The van der Waals surface area contributed by atoms with Crippen LogP contribution in [0.2, 0.25) is 0 Å². The number of H-pyrrole nitrogens is 1. The van der Waals surface area contributed by atoms with Crippen molar-refractivity contribution >= 4 is 16.7 Å². The van der Waals surface area contributed by atoms with E-state index >= 15 is 0 Å². The SMILES string of the molecule is CCc1cc(CC)n(-c2nc3ccc(N)cc3[nH]2)n1. The lowest BCUT2D eigenvalue weighted by Crippen LogP contribution is -2.03. The normalized spacial score (nSPS) is 11.3. The number of nitrogens with two attached hydrogens (primary N) is 1. The molecule has 0 radical (unpaired) electrons. The van der Waals surface area contributed by atoms with Gasteiger partial charge in [-0.05, 0) is 37.1 Å². The van der Waals surface area contributed by atoms with Gasteiger partial charge in [0, 0.05) is 11.4 Å². The van der Waals surface area contributed by atoms with Crippen LogP contribution >= 0.6 is 0 Å². The molecule has 0 aliphatic rings. The van der Waals surface area contributed by atoms with Crippen molar-refractivity contribution in [3.8, 4) is 5.95 Å². The van der Waals surface area contributed by atoms with Gasteiger partial charge in [0.1, 0.15) is 0 Å². The fraction of sp³-hybridized carbons (Fsp3) is 0.286. The number of imidazole rings is 1. The molecule has 0 saturated heterocycles. The minimum Gasteiger partial charge on any atom is -0.399 e. The molecule has 2 heterocycles. The van der Waals surface area contributed by atoms with Crippen molar-refractivity contribution < 1.29 is 0 Å². The van der Waals surface area contributed by atoms with E-state index in [1.165, 1.54) is 0 Å². The van der Waals surface area contributed by atoms with Crippen molar-refractivity contribution in [1.82, 2.24) is 19.7 Å². The molecule has 0 spiro atoms. The van der Waals surface area contributed by atoms with Gasteiger partial charge >= 0.3 is 0 Å². The van der Waals surface area contributed by atoms with Gasteiger partial charge in [0.25, 0.3) is 0 Å². The molecule has 5 heteroatoms. The van der Waals surface area contributed by atoms with Gasteiger partial charge in [-0.1, -0.05) is 13.8 Å². The molecule has 0 fully saturated rings. The van der Waals surface area contributed by atoms with Crippen molar-refractivity contribution in [3.05, 3.63) is 35.7 Å². The summed E-state index contributed by atoms with van der Waals surface area (Å²) in [7, 11) is 0. The van der Waals surface area contributed by atoms with Crippen molar-refractivity contribution in [2.75, 3.05) is 5.73 Å². The van der Waals surface area contributed by atoms with E-state index in [1.54, 1.807) is 0 Å². The van der Waals surface area contributed by atoms with Crippen LogP contribution in [-0.2, 0) is 12.8 Å². The van der Waals surface area contributed by atoms with Crippen LogP contribution < -0.4 is 5.73 Å². The minimum absolute atomic E-state index is 0.730. The highest BCUT2D eigenvalue weighted by atomic mass is 15.4. The summed E-state index contributed by atoms with van der Waals surface area (Å²) in [5, 5.41) is 4.58. The zero-order valence-corrected chi connectivity index (χ0v) is 11.1. The second-order valence-corrected chi connectivity index (χ2v) is 4.58. The minimum atomic E-state index is 0.730. The number of aromatic amines is 1. The van der Waals surface area contributed by atoms with Gasteiger partial charge in [0.05, 0.1) is 16.7 Å². The Kier molecular flexibility index (Phi) is 2.74. The summed E-state index contributed by atoms with van der Waals surface area (Å²) in [6, 6.07) is 7.79. The van der Waals surface area contributed by atoms with Crippen LogP contribution in [0.25, 0.3) is 17.0 Å². The predicted octanol–water partition coefficient (Wildman–Crippen LogP) is 2.46. The van der Waals surface area contributed by atoms with E-state index in [0.29, 0.717) is 0 Å². The van der Waals surface area contributed by atoms with E-state index in [4.69, 9.17) is 5.73 Å². The highest BCUT2D eigenvalue weighted by molar-refractivity contribution is 5.79. The zero-order chi connectivity index (χ0) is 13.4. The largest absolute Gasteiger partial charge is 0.399 e. The first-order valence-electron chi connectivity index (χ1n) is 6.54. The smallest absolute Gasteiger partial charge is 0.229 e. The van der Waals surface area contributed by atoms with Gasteiger partial charge in [-0.15, -0.1) is 0 Å². The Labute approximate surface area is 111 Å². The number of rotatable bonds is 3. The molecule has 1 aromatic carbocycles. The molecule has 98 valence electrons. The molecule has 0 aliphatic heterocycles. The molecule has 0 unspecified atom stereocenters. The van der Waals surface area contributed by atoms with Crippen LogP contribution in [0.1, 0.15) is 25.2 Å². The Balaban J connectivity index is 2.15. The van der Waals surface area contributed by atoms with Gasteiger partial charge in [-0.25, -0.2) is 9.67 Å². The third-order valence-electron chi connectivity index (χ3n) is 3.25. The molecule has 2 aromatic heterocycles. The molecule has 0 saturated carbocycles. The fourth-order valence-corrected chi connectivity index (χ4v) is 2.20. The van der Waals surface area contributed by atoms with Gasteiger partial charge in [0.15, 0.2) is 0 Å². The van der Waals surface area contributed by atoms with E-state index in [9.17, 15) is 0 Å². The second kappa shape index (κ2) is 4.42. The van der Waals surface area contributed by atoms with E-state index < -0.39 is 0 Å². The lowest BCUT2D eigenvalue weighted by Gasteiger charge is -2.00. The Bertz CT molecular complexity index is 723. The van der Waals surface area contributed by atoms with E-state index in [2.05, 4.69) is 35.0 Å². The van der Waals surface area contributed by atoms with Crippen LogP contribution in [0.4, 0.5) is 5.69 Å². The van der Waals surface area contributed by atoms with Crippen molar-refractivity contribution in [2.45, 2.75) is 26.7 Å². The van der Waals surface area contributed by atoms with E-state index in [0.717, 1.165) is 46.9 Å². The fourth-order valence-electron chi connectivity index (χ4n) is 2.20. The van der Waals surface area contributed by atoms with Crippen LogP contribution in [0.3, 0.4) is 0 Å². The first kappa shape index (κ1) is 11.8. The lowest BCUT2D eigenvalue weighted by molar-refractivity contribution is 0.759. The first-order chi connectivity index (χ1) is 9.21. The number of nitrogens with zero attached hydrogens (tertiary/aromatic N) is 3. The monoisotopic (exact) mass is 255 g/mol. The molecule has 3 aromatic rings. The number of hydrogen-bond acceptors (Lipinski definition) is 3. The molecule has 19 heavy (non-hydrogen) atoms. The lowest BCUT2D eigenvalue weighted by atomic mass is 10.3. The van der Waals surface area contributed by atoms with Crippen molar-refractivity contribution in [1.29, 1.82) is 0 Å². The summed E-state index contributed by atoms with van der Waals surface area (Å²) in [6.45, 7) is 4.22. The average molecular weight is 255 g/mol. The topological polar surface area (TPSA) is 72.5 Å². The number of aryl methyl sites for hydroxylation is 2. The highest BCUT2D eigenvalue weighted by Gasteiger charge is 2.11. The molecule has 5 nitrogen and oxygen atoms in total. The Morgan fingerprint density at radius 2 is 2.05 bits per heavy atom. The van der Waals surface area contributed by atoms with Crippen LogP contribution in [0.5, 0.6) is 0 Å². The highest BCUT2D eigenvalue weighted by Crippen LogP contribution is 2.18. The van der Waals surface area contributed by atoms with Crippen molar-refractivity contribution in [2.24, 2.45) is 0 Å². The van der Waals surface area contributed by atoms with Crippen LogP contribution in [-0.4, -0.2) is 19.7 Å². The third-order valence-corrected chi connectivity index (χ3v) is 3.25. The number of nitrogens with one attached hydrogen (secondary N) is 1. The first-order valence-corrected chi connectivity index (χ1v) is 6.54. The number of hydrogen-bond donors (Lipinski definition) is 2. The molecule has 0 aliphatic carbocycles. The Morgan fingerprint density at radius 3 is 2.79 bits per heavy atom. The maximum absolute atomic E-state index is 5.78. The summed E-state index contributed by atoms with van der Waals surface area (Å²) in [6.07, 6.45) is 1.85. The van der Waals surface area contributed by atoms with Crippen molar-refractivity contribution in [3.63, 3.8) is 0 Å². The number of fused-ring (bicyclic) bond motifs is 1. The zero-order valence-electron chi connectivity index (χ0n) is 11.1. The number of nitrogen functional groups attached to an aromatic ring is 1. The maximum Gasteiger partial charge on any atom is 0.229 e. The summed E-state index contributed by atoms with van der Waals surface area (Å²) < 4.78 is 1.88. The quantitative estimate of drug-likeness (QED) is 0.706. The Hall–Kier alpha value is -2.30. The molecule has 0 amide bonds. The number of benzene rings is 1. The maximum atomic E-state index is 5.78. The Morgan fingerprint density at radius 1 is 1.21 bits per heavy atom. The second-order valence-electron chi connectivity index (χ2n) is 4.58. The molecular formula is C14H17N5. The summed E-state index contributed by atoms with van der Waals surface area (Å²) in [4.78, 5) is 7.84. The predicted molar refractivity (Wildman–Crippen MR) is 76.4 cm³/mol. The van der Waals surface area contributed by atoms with Crippen LogP contribution in [0.15, 0.2) is 24.3 Å². The van der Waals surface area contributed by atoms with E-state index in [-0.39, 0.29) is 0 Å². The van der Waals surface area contributed by atoms with Gasteiger partial charge in [-0.2, -0.15) is 5.10 Å². The summed E-state index contributed by atoms with van der Waals surface area (Å²) in [5.74, 6) is 0.747. The number of aromatic nitrogens is 4. The number of anilines is 1. The average Bonchev–Trinajstić information content (AvgIpc) is 3.00. The summed E-state index contributed by atoms with van der Waals surface area (Å²) >= 11 is 0. The molecular weight excluding hydrogens is 238 g/mol. The van der Waals surface area contributed by atoms with Gasteiger partial charge < -0.3 is 10.7 Å². The molecule has 3 rings (SSSR count).